The molecule has 0 spiro atoms. The van der Waals surface area contributed by atoms with Crippen LogP contribution in [0, 0.1) is 24.6 Å². The number of Topliss-reactive ketones (excluding diaryl/α,β-unsaturated/α-hetero) is 1. The summed E-state index contributed by atoms with van der Waals surface area (Å²) in [6.45, 7) is 8.28. The molecule has 1 saturated carbocycles. The Morgan fingerprint density at radius 1 is 1.14 bits per heavy atom. The summed E-state index contributed by atoms with van der Waals surface area (Å²) in [6, 6.07) is 5.73. The predicted molar refractivity (Wildman–Crippen MR) is 155 cm³/mol. The topological polar surface area (TPSA) is 156 Å². The van der Waals surface area contributed by atoms with Crippen molar-refractivity contribution in [3.8, 4) is 5.75 Å². The minimum Gasteiger partial charge on any atom is -0.446 e. The summed E-state index contributed by atoms with van der Waals surface area (Å²) >= 11 is 0. The van der Waals surface area contributed by atoms with Gasteiger partial charge in [0, 0.05) is 26.3 Å². The molecule has 0 bridgehead atoms. The van der Waals surface area contributed by atoms with Crippen molar-refractivity contribution >= 4 is 17.7 Å². The number of nitrogens with zero attached hydrogens (tertiary/aromatic N) is 4. The third kappa shape index (κ3) is 7.56. The van der Waals surface area contributed by atoms with E-state index < -0.39 is 40.9 Å². The summed E-state index contributed by atoms with van der Waals surface area (Å²) in [7, 11) is 1.43. The minimum absolute atomic E-state index is 0.0496. The molecule has 1 aliphatic carbocycles. The SMILES string of the molecule is Cc1nnc(C(=O)NC(C)(C)c2nc(C(=O)CCc3ccc(F)cc3)c(OC(OC(=O)C3CCCC3)C(C)C)c(=O)n2C)o1. The maximum atomic E-state index is 13.8. The quantitative estimate of drug-likeness (QED) is 0.179. The van der Waals surface area contributed by atoms with Crippen LogP contribution in [0.3, 0.4) is 0 Å². The largest absolute Gasteiger partial charge is 0.446 e. The molecular weight excluding hydrogens is 573 g/mol. The fourth-order valence-electron chi connectivity index (χ4n) is 5.03. The van der Waals surface area contributed by atoms with Crippen LogP contribution in [0.4, 0.5) is 4.39 Å². The Hall–Kier alpha value is -4.42. The molecule has 1 aromatic carbocycles. The van der Waals surface area contributed by atoms with Gasteiger partial charge in [-0.1, -0.05) is 38.8 Å². The molecule has 1 atom stereocenters. The van der Waals surface area contributed by atoms with Crippen LogP contribution in [-0.4, -0.2) is 43.7 Å². The molecule has 1 aliphatic rings. The first-order valence-electron chi connectivity index (χ1n) is 14.7. The van der Waals surface area contributed by atoms with E-state index in [0.717, 1.165) is 25.7 Å². The molecule has 1 unspecified atom stereocenters. The Bertz CT molecular complexity index is 1570. The van der Waals surface area contributed by atoms with E-state index in [2.05, 4.69) is 20.5 Å². The van der Waals surface area contributed by atoms with Gasteiger partial charge in [0.25, 0.3) is 5.56 Å². The number of esters is 1. The predicted octanol–water partition coefficient (Wildman–Crippen LogP) is 4.19. The lowest BCUT2D eigenvalue weighted by atomic mass is 10.0. The number of hydrogen-bond donors (Lipinski definition) is 1. The molecule has 12 nitrogen and oxygen atoms in total. The average Bonchev–Trinajstić information content (AvgIpc) is 3.66. The zero-order valence-corrected chi connectivity index (χ0v) is 25.8. The highest BCUT2D eigenvalue weighted by atomic mass is 19.1. The van der Waals surface area contributed by atoms with E-state index >= 15 is 0 Å². The first kappa shape index (κ1) is 32.5. The highest BCUT2D eigenvalue weighted by Gasteiger charge is 2.35. The zero-order chi connectivity index (χ0) is 32.2. The first-order chi connectivity index (χ1) is 20.8. The number of carbonyl (C=O) groups excluding carboxylic acids is 3. The van der Waals surface area contributed by atoms with Gasteiger partial charge in [-0.15, -0.1) is 10.2 Å². The van der Waals surface area contributed by atoms with E-state index in [9.17, 15) is 23.6 Å². The first-order valence-corrected chi connectivity index (χ1v) is 14.7. The number of hydrogen-bond acceptors (Lipinski definition) is 10. The summed E-state index contributed by atoms with van der Waals surface area (Å²) in [5.74, 6) is -3.04. The number of ether oxygens (including phenoxy) is 2. The normalized spacial score (nSPS) is 14.5. The molecule has 4 rings (SSSR count). The fraction of sp³-hybridized carbons (Fsp3) is 0.516. The third-order valence-electron chi connectivity index (χ3n) is 7.47. The molecule has 13 heteroatoms. The molecule has 1 fully saturated rings. The highest BCUT2D eigenvalue weighted by molar-refractivity contribution is 5.97. The molecule has 0 radical (unpaired) electrons. The van der Waals surface area contributed by atoms with Crippen molar-refractivity contribution in [2.75, 3.05) is 0 Å². The lowest BCUT2D eigenvalue weighted by Gasteiger charge is -2.29. The summed E-state index contributed by atoms with van der Waals surface area (Å²) in [4.78, 5) is 57.8. The number of halogens is 1. The summed E-state index contributed by atoms with van der Waals surface area (Å²) in [5, 5.41) is 10.1. The lowest BCUT2D eigenvalue weighted by Crippen LogP contribution is -2.46. The molecule has 2 heterocycles. The second-order valence-corrected chi connectivity index (χ2v) is 11.9. The van der Waals surface area contributed by atoms with Gasteiger partial charge in [0.05, 0.1) is 11.5 Å². The summed E-state index contributed by atoms with van der Waals surface area (Å²) in [5.41, 5.74) is -1.58. The maximum Gasteiger partial charge on any atom is 0.312 e. The number of aromatic nitrogens is 4. The number of ketones is 1. The Morgan fingerprint density at radius 2 is 1.80 bits per heavy atom. The van der Waals surface area contributed by atoms with Gasteiger partial charge in [0.15, 0.2) is 11.5 Å². The standard InChI is InChI=1S/C31H38FN5O7/c1-17(2)29(44-28(41)20-9-7-8-10-20)43-24-23(22(38)16-13-19-11-14-21(32)15-12-19)33-30(37(6)27(24)40)31(4,5)34-25(39)26-36-35-18(3)42-26/h11-12,14-15,17,20,29H,7-10,13,16H2,1-6H3,(H,34,39). The number of rotatable bonds is 12. The Balaban J connectivity index is 1.70. The molecule has 44 heavy (non-hydrogen) atoms. The van der Waals surface area contributed by atoms with Gasteiger partial charge in [-0.2, -0.15) is 0 Å². The highest BCUT2D eigenvalue weighted by Crippen LogP contribution is 2.28. The second-order valence-electron chi connectivity index (χ2n) is 11.9. The van der Waals surface area contributed by atoms with E-state index in [0.29, 0.717) is 5.56 Å². The Kier molecular flexibility index (Phi) is 9.95. The minimum atomic E-state index is -1.30. The van der Waals surface area contributed by atoms with E-state index in [1.165, 1.54) is 30.7 Å². The van der Waals surface area contributed by atoms with Crippen LogP contribution >= 0.6 is 0 Å². The van der Waals surface area contributed by atoms with Gasteiger partial charge < -0.3 is 19.2 Å². The molecule has 236 valence electrons. The van der Waals surface area contributed by atoms with E-state index in [1.807, 2.05) is 0 Å². The van der Waals surface area contributed by atoms with Crippen molar-refractivity contribution < 1.29 is 32.7 Å². The van der Waals surface area contributed by atoms with Crippen molar-refractivity contribution in [2.45, 2.75) is 85.0 Å². The molecule has 1 N–H and O–H groups in total. The van der Waals surface area contributed by atoms with Crippen LogP contribution in [0.1, 0.15) is 98.3 Å². The molecule has 2 aromatic heterocycles. The third-order valence-corrected chi connectivity index (χ3v) is 7.47. The van der Waals surface area contributed by atoms with Gasteiger partial charge in [0.2, 0.25) is 17.9 Å². The van der Waals surface area contributed by atoms with Gasteiger partial charge >= 0.3 is 17.8 Å². The monoisotopic (exact) mass is 611 g/mol. The van der Waals surface area contributed by atoms with E-state index in [-0.39, 0.29) is 53.7 Å². The van der Waals surface area contributed by atoms with Gasteiger partial charge in [0.1, 0.15) is 11.6 Å². The summed E-state index contributed by atoms with van der Waals surface area (Å²) < 4.78 is 31.5. The number of benzene rings is 1. The zero-order valence-electron chi connectivity index (χ0n) is 25.8. The van der Waals surface area contributed by atoms with Crippen molar-refractivity contribution in [2.24, 2.45) is 18.9 Å². The van der Waals surface area contributed by atoms with Crippen LogP contribution in [0.25, 0.3) is 0 Å². The number of carbonyl (C=O) groups is 3. The molecule has 0 aliphatic heterocycles. The summed E-state index contributed by atoms with van der Waals surface area (Å²) in [6.07, 6.45) is 2.32. The van der Waals surface area contributed by atoms with Gasteiger partial charge in [-0.25, -0.2) is 9.37 Å². The van der Waals surface area contributed by atoms with Crippen LogP contribution in [0.15, 0.2) is 33.5 Å². The van der Waals surface area contributed by atoms with E-state index in [1.54, 1.807) is 39.8 Å². The van der Waals surface area contributed by atoms with Crippen LogP contribution in [0.2, 0.25) is 0 Å². The van der Waals surface area contributed by atoms with Gasteiger partial charge in [-0.05, 0) is 50.8 Å². The van der Waals surface area contributed by atoms with Crippen LogP contribution in [-0.2, 0) is 28.5 Å². The maximum absolute atomic E-state index is 13.8. The molecule has 1 amide bonds. The second kappa shape index (κ2) is 13.5. The fourth-order valence-corrected chi connectivity index (χ4v) is 5.03. The van der Waals surface area contributed by atoms with Crippen molar-refractivity contribution in [3.05, 3.63) is 69.3 Å². The lowest BCUT2D eigenvalue weighted by molar-refractivity contribution is -0.174. The molecule has 0 saturated heterocycles. The Morgan fingerprint density at radius 3 is 2.39 bits per heavy atom. The number of nitrogens with one attached hydrogen (secondary N) is 1. The van der Waals surface area contributed by atoms with Crippen LogP contribution < -0.4 is 15.6 Å². The van der Waals surface area contributed by atoms with Crippen molar-refractivity contribution in [1.29, 1.82) is 0 Å². The Labute approximate surface area is 254 Å². The van der Waals surface area contributed by atoms with Crippen molar-refractivity contribution in [1.82, 2.24) is 25.1 Å². The average molecular weight is 612 g/mol. The van der Waals surface area contributed by atoms with Gasteiger partial charge in [-0.3, -0.25) is 23.7 Å². The number of aryl methyl sites for hydroxylation is 2. The molecular formula is C31H38FN5O7. The van der Waals surface area contributed by atoms with Crippen molar-refractivity contribution in [3.63, 3.8) is 0 Å². The smallest absolute Gasteiger partial charge is 0.312 e. The number of amides is 1. The molecule has 3 aromatic rings. The van der Waals surface area contributed by atoms with E-state index in [4.69, 9.17) is 13.9 Å². The van der Waals surface area contributed by atoms with Crippen LogP contribution in [0.5, 0.6) is 5.75 Å².